The molecule has 1 saturated carbocycles. The molecule has 1 aliphatic rings. The molecule has 0 aromatic carbocycles. The normalized spacial score (nSPS) is 18.2. The smallest absolute Gasteiger partial charge is 0.118 e. The molecule has 3 nitrogen and oxygen atoms in total. The Morgan fingerprint density at radius 3 is 2.50 bits per heavy atom. The van der Waals surface area contributed by atoms with Gasteiger partial charge in [-0.25, -0.2) is 0 Å². The van der Waals surface area contributed by atoms with Crippen LogP contribution in [0.4, 0.5) is 0 Å². The van der Waals surface area contributed by atoms with Crippen molar-refractivity contribution in [3.8, 4) is 0 Å². The largest absolute Gasteiger partial charge is 0.465 e. The second-order valence-corrected chi connectivity index (χ2v) is 5.56. The monoisotopic (exact) mass is 250 g/mol. The Labute approximate surface area is 110 Å². The van der Waals surface area contributed by atoms with Crippen molar-refractivity contribution in [2.75, 3.05) is 7.05 Å². The number of nitrogens with two attached hydrogens (primary N) is 1. The predicted octanol–water partition coefficient (Wildman–Crippen LogP) is 3.20. The molecular weight excluding hydrogens is 224 g/mol. The highest BCUT2D eigenvalue weighted by Gasteiger charge is 2.18. The molecule has 0 radical (unpaired) electrons. The number of furan rings is 1. The van der Waals surface area contributed by atoms with Gasteiger partial charge in [-0.15, -0.1) is 0 Å². The van der Waals surface area contributed by atoms with Crippen LogP contribution in [0.2, 0.25) is 0 Å². The van der Waals surface area contributed by atoms with E-state index in [4.69, 9.17) is 10.2 Å². The maximum atomic E-state index is 5.78. The molecule has 0 unspecified atom stereocenters. The van der Waals surface area contributed by atoms with Gasteiger partial charge in [-0.1, -0.05) is 25.7 Å². The summed E-state index contributed by atoms with van der Waals surface area (Å²) in [6.07, 6.45) is 8.23. The van der Waals surface area contributed by atoms with Crippen molar-refractivity contribution in [1.82, 2.24) is 4.90 Å². The SMILES string of the molecule is Cc1oc(CN(C)C2CCCCCC2)cc1CN. The van der Waals surface area contributed by atoms with Gasteiger partial charge < -0.3 is 10.2 Å². The van der Waals surface area contributed by atoms with Gasteiger partial charge in [0.05, 0.1) is 6.54 Å². The lowest BCUT2D eigenvalue weighted by atomic mass is 10.1. The molecule has 0 saturated heterocycles. The molecule has 0 spiro atoms. The fourth-order valence-corrected chi connectivity index (χ4v) is 2.94. The van der Waals surface area contributed by atoms with Crippen molar-refractivity contribution in [2.45, 2.75) is 64.6 Å². The summed E-state index contributed by atoms with van der Waals surface area (Å²) in [5.41, 5.74) is 6.82. The van der Waals surface area contributed by atoms with Gasteiger partial charge in [0.2, 0.25) is 0 Å². The van der Waals surface area contributed by atoms with Crippen molar-refractivity contribution in [3.05, 3.63) is 23.2 Å². The molecule has 18 heavy (non-hydrogen) atoms. The second kappa shape index (κ2) is 6.39. The third-order valence-corrected chi connectivity index (χ3v) is 4.14. The summed E-state index contributed by atoms with van der Waals surface area (Å²) in [6.45, 7) is 3.48. The first-order valence-electron chi connectivity index (χ1n) is 7.19. The highest BCUT2D eigenvalue weighted by Crippen LogP contribution is 2.23. The first-order chi connectivity index (χ1) is 8.70. The summed E-state index contributed by atoms with van der Waals surface area (Å²) < 4.78 is 5.78. The molecule has 1 aliphatic carbocycles. The summed E-state index contributed by atoms with van der Waals surface area (Å²) in [6, 6.07) is 2.84. The van der Waals surface area contributed by atoms with Crippen molar-refractivity contribution < 1.29 is 4.42 Å². The standard InChI is InChI=1S/C15H26N2O/c1-12-13(10-16)9-15(18-12)11-17(2)14-7-5-3-4-6-8-14/h9,14H,3-8,10-11,16H2,1-2H3. The Kier molecular flexibility index (Phi) is 4.84. The number of rotatable bonds is 4. The van der Waals surface area contributed by atoms with Gasteiger partial charge in [0.1, 0.15) is 11.5 Å². The topological polar surface area (TPSA) is 42.4 Å². The average Bonchev–Trinajstić information content (AvgIpc) is 2.58. The lowest BCUT2D eigenvalue weighted by Gasteiger charge is -2.26. The molecule has 1 aromatic heterocycles. The highest BCUT2D eigenvalue weighted by molar-refractivity contribution is 5.20. The summed E-state index contributed by atoms with van der Waals surface area (Å²) in [5.74, 6) is 2.03. The third kappa shape index (κ3) is 3.36. The number of nitrogens with zero attached hydrogens (tertiary/aromatic N) is 1. The first kappa shape index (κ1) is 13.6. The summed E-state index contributed by atoms with van der Waals surface area (Å²) in [4.78, 5) is 2.45. The lowest BCUT2D eigenvalue weighted by molar-refractivity contribution is 0.197. The van der Waals surface area contributed by atoms with Crippen LogP contribution in [0.15, 0.2) is 10.5 Å². The summed E-state index contributed by atoms with van der Waals surface area (Å²) in [5, 5.41) is 0. The minimum atomic E-state index is 0.572. The fourth-order valence-electron chi connectivity index (χ4n) is 2.94. The molecule has 3 heteroatoms. The van der Waals surface area contributed by atoms with Gasteiger partial charge in [-0.05, 0) is 32.9 Å². The quantitative estimate of drug-likeness (QED) is 0.834. The molecule has 1 heterocycles. The maximum absolute atomic E-state index is 5.78. The van der Waals surface area contributed by atoms with Gasteiger partial charge >= 0.3 is 0 Å². The van der Waals surface area contributed by atoms with Crippen LogP contribution in [0.1, 0.15) is 55.6 Å². The Balaban J connectivity index is 1.94. The minimum Gasteiger partial charge on any atom is -0.465 e. The van der Waals surface area contributed by atoms with Crippen molar-refractivity contribution in [1.29, 1.82) is 0 Å². The molecule has 0 aliphatic heterocycles. The van der Waals surface area contributed by atoms with Crippen LogP contribution in [0.25, 0.3) is 0 Å². The highest BCUT2D eigenvalue weighted by atomic mass is 16.3. The van der Waals surface area contributed by atoms with Gasteiger partial charge in [0.15, 0.2) is 0 Å². The average molecular weight is 250 g/mol. The molecule has 2 N–H and O–H groups in total. The van der Waals surface area contributed by atoms with E-state index in [1.807, 2.05) is 6.92 Å². The van der Waals surface area contributed by atoms with Gasteiger partial charge in [0.25, 0.3) is 0 Å². The Bertz CT molecular complexity index is 365. The van der Waals surface area contributed by atoms with Crippen LogP contribution < -0.4 is 5.73 Å². The molecule has 2 rings (SSSR count). The molecule has 0 atom stereocenters. The van der Waals surface area contributed by atoms with E-state index >= 15 is 0 Å². The lowest BCUT2D eigenvalue weighted by Crippen LogP contribution is -2.30. The Morgan fingerprint density at radius 1 is 1.28 bits per heavy atom. The molecule has 1 aromatic rings. The van der Waals surface area contributed by atoms with E-state index in [0.29, 0.717) is 6.54 Å². The Morgan fingerprint density at radius 2 is 1.94 bits per heavy atom. The van der Waals surface area contributed by atoms with Crippen LogP contribution in [0.5, 0.6) is 0 Å². The van der Waals surface area contributed by atoms with Crippen LogP contribution in [0, 0.1) is 6.92 Å². The third-order valence-electron chi connectivity index (χ3n) is 4.14. The van der Waals surface area contributed by atoms with Crippen LogP contribution >= 0.6 is 0 Å². The maximum Gasteiger partial charge on any atom is 0.118 e. The van der Waals surface area contributed by atoms with E-state index in [2.05, 4.69) is 18.0 Å². The molecule has 1 fully saturated rings. The number of hydrogen-bond donors (Lipinski definition) is 1. The predicted molar refractivity (Wildman–Crippen MR) is 74.3 cm³/mol. The molecular formula is C15H26N2O. The molecule has 0 bridgehead atoms. The first-order valence-corrected chi connectivity index (χ1v) is 7.19. The van der Waals surface area contributed by atoms with Crippen LogP contribution in [0.3, 0.4) is 0 Å². The van der Waals surface area contributed by atoms with Crippen molar-refractivity contribution >= 4 is 0 Å². The fraction of sp³-hybridized carbons (Fsp3) is 0.733. The summed E-state index contributed by atoms with van der Waals surface area (Å²) >= 11 is 0. The van der Waals surface area contributed by atoms with Crippen LogP contribution in [-0.2, 0) is 13.1 Å². The van der Waals surface area contributed by atoms with E-state index in [1.165, 1.54) is 38.5 Å². The zero-order valence-corrected chi connectivity index (χ0v) is 11.7. The van der Waals surface area contributed by atoms with E-state index in [0.717, 1.165) is 29.7 Å². The van der Waals surface area contributed by atoms with E-state index < -0.39 is 0 Å². The van der Waals surface area contributed by atoms with E-state index in [9.17, 15) is 0 Å². The summed E-state index contributed by atoms with van der Waals surface area (Å²) in [7, 11) is 2.22. The second-order valence-electron chi connectivity index (χ2n) is 5.56. The van der Waals surface area contributed by atoms with Crippen LogP contribution in [-0.4, -0.2) is 18.0 Å². The molecule has 0 amide bonds. The minimum absolute atomic E-state index is 0.572. The van der Waals surface area contributed by atoms with Gasteiger partial charge in [-0.2, -0.15) is 0 Å². The molecule has 102 valence electrons. The van der Waals surface area contributed by atoms with E-state index in [-0.39, 0.29) is 0 Å². The van der Waals surface area contributed by atoms with Crippen molar-refractivity contribution in [3.63, 3.8) is 0 Å². The van der Waals surface area contributed by atoms with Gasteiger partial charge in [0, 0.05) is 18.2 Å². The Hall–Kier alpha value is -0.800. The van der Waals surface area contributed by atoms with E-state index in [1.54, 1.807) is 0 Å². The zero-order valence-electron chi connectivity index (χ0n) is 11.7. The number of hydrogen-bond acceptors (Lipinski definition) is 3. The van der Waals surface area contributed by atoms with Crippen molar-refractivity contribution in [2.24, 2.45) is 5.73 Å². The number of aryl methyl sites for hydroxylation is 1. The van der Waals surface area contributed by atoms with Gasteiger partial charge in [-0.3, -0.25) is 4.90 Å². The zero-order chi connectivity index (χ0) is 13.0.